The molecule has 0 amide bonds. The lowest BCUT2D eigenvalue weighted by atomic mass is 10.1. The summed E-state index contributed by atoms with van der Waals surface area (Å²) in [6.07, 6.45) is 1.38. The number of alkyl halides is 1. The van der Waals surface area contributed by atoms with Crippen LogP contribution in [0.25, 0.3) is 0 Å². The van der Waals surface area contributed by atoms with Gasteiger partial charge in [-0.2, -0.15) is 0 Å². The molecule has 1 aromatic rings. The van der Waals surface area contributed by atoms with Gasteiger partial charge in [0.1, 0.15) is 6.29 Å². The number of hydrogen-bond acceptors (Lipinski definition) is 1. The van der Waals surface area contributed by atoms with Crippen LogP contribution < -0.4 is 0 Å². The SMILES string of the molecule is CC.Cc1ccc(CC(Cl)C=O)cc1. The predicted octanol–water partition coefficient (Wildman–Crippen LogP) is 3.37. The standard InChI is InChI=1S/C10H11ClO.C2H6/c1-8-2-4-9(5-3-8)6-10(11)7-12;1-2/h2-5,7,10H,6H2,1H3;1-2H3. The van der Waals surface area contributed by atoms with Crippen LogP contribution in [0.1, 0.15) is 25.0 Å². The van der Waals surface area contributed by atoms with Crippen LogP contribution >= 0.6 is 11.6 Å². The van der Waals surface area contributed by atoms with E-state index in [4.69, 9.17) is 11.6 Å². The molecule has 0 fully saturated rings. The first-order chi connectivity index (χ1) is 6.72. The van der Waals surface area contributed by atoms with E-state index < -0.39 is 5.38 Å². The number of carbonyl (C=O) groups excluding carboxylic acids is 1. The molecule has 0 N–H and O–H groups in total. The Balaban J connectivity index is 0.000000791. The lowest BCUT2D eigenvalue weighted by Crippen LogP contribution is -2.03. The van der Waals surface area contributed by atoms with Crippen LogP contribution in [0.3, 0.4) is 0 Å². The molecule has 0 aromatic heterocycles. The number of aryl methyl sites for hydroxylation is 1. The molecule has 0 spiro atoms. The minimum Gasteiger partial charge on any atom is -0.302 e. The fourth-order valence-electron chi connectivity index (χ4n) is 0.997. The third-order valence-electron chi connectivity index (χ3n) is 1.70. The number of carbonyl (C=O) groups is 1. The summed E-state index contributed by atoms with van der Waals surface area (Å²) in [5.74, 6) is 0. The van der Waals surface area contributed by atoms with Crippen molar-refractivity contribution in [2.75, 3.05) is 0 Å². The Labute approximate surface area is 91.1 Å². The fourth-order valence-corrected chi connectivity index (χ4v) is 1.18. The number of rotatable bonds is 3. The molecular formula is C12H17ClO. The predicted molar refractivity (Wildman–Crippen MR) is 61.9 cm³/mol. The molecule has 1 aromatic carbocycles. The highest BCUT2D eigenvalue weighted by Gasteiger charge is 2.02. The largest absolute Gasteiger partial charge is 0.302 e. The summed E-state index contributed by atoms with van der Waals surface area (Å²) in [6.45, 7) is 6.03. The molecule has 1 rings (SSSR count). The molecule has 0 aliphatic rings. The van der Waals surface area contributed by atoms with Gasteiger partial charge in [-0.05, 0) is 18.9 Å². The number of hydrogen-bond donors (Lipinski definition) is 0. The van der Waals surface area contributed by atoms with Crippen molar-refractivity contribution in [3.63, 3.8) is 0 Å². The van der Waals surface area contributed by atoms with Crippen molar-refractivity contribution < 1.29 is 4.79 Å². The highest BCUT2D eigenvalue weighted by Crippen LogP contribution is 2.07. The second kappa shape index (κ2) is 7.57. The van der Waals surface area contributed by atoms with Gasteiger partial charge >= 0.3 is 0 Å². The summed E-state index contributed by atoms with van der Waals surface area (Å²) in [4.78, 5) is 10.2. The average molecular weight is 213 g/mol. The first-order valence-corrected chi connectivity index (χ1v) is 5.31. The summed E-state index contributed by atoms with van der Waals surface area (Å²) in [6, 6.07) is 8.02. The van der Waals surface area contributed by atoms with E-state index in [0.717, 1.165) is 11.8 Å². The van der Waals surface area contributed by atoms with Crippen LogP contribution in [0, 0.1) is 6.92 Å². The van der Waals surface area contributed by atoms with Crippen molar-refractivity contribution in [2.24, 2.45) is 0 Å². The second-order valence-corrected chi connectivity index (χ2v) is 3.40. The molecule has 0 aliphatic heterocycles. The van der Waals surface area contributed by atoms with Gasteiger partial charge < -0.3 is 4.79 Å². The zero-order chi connectivity index (χ0) is 11.0. The zero-order valence-corrected chi connectivity index (χ0v) is 9.71. The molecule has 14 heavy (non-hydrogen) atoms. The molecule has 0 saturated heterocycles. The van der Waals surface area contributed by atoms with Crippen LogP contribution in [0.5, 0.6) is 0 Å². The zero-order valence-electron chi connectivity index (χ0n) is 8.96. The van der Waals surface area contributed by atoms with Gasteiger partial charge in [-0.1, -0.05) is 43.7 Å². The normalized spacial score (nSPS) is 11.1. The highest BCUT2D eigenvalue weighted by atomic mass is 35.5. The molecule has 0 saturated carbocycles. The minimum absolute atomic E-state index is 0.396. The fraction of sp³-hybridized carbons (Fsp3) is 0.417. The maximum Gasteiger partial charge on any atom is 0.138 e. The van der Waals surface area contributed by atoms with Crippen LogP contribution in [0.4, 0.5) is 0 Å². The summed E-state index contributed by atoms with van der Waals surface area (Å²) in [7, 11) is 0. The number of benzene rings is 1. The first kappa shape index (κ1) is 13.2. The van der Waals surface area contributed by atoms with E-state index in [0.29, 0.717) is 6.42 Å². The molecule has 1 unspecified atom stereocenters. The van der Waals surface area contributed by atoms with Gasteiger partial charge in [0.2, 0.25) is 0 Å². The van der Waals surface area contributed by atoms with Crippen molar-refractivity contribution in [3.8, 4) is 0 Å². The van der Waals surface area contributed by atoms with E-state index >= 15 is 0 Å². The Morgan fingerprint density at radius 1 is 1.29 bits per heavy atom. The Morgan fingerprint density at radius 2 is 1.79 bits per heavy atom. The summed E-state index contributed by atoms with van der Waals surface area (Å²) in [5, 5.41) is -0.396. The maximum atomic E-state index is 10.2. The molecular weight excluding hydrogens is 196 g/mol. The molecule has 0 bridgehead atoms. The van der Waals surface area contributed by atoms with Crippen LogP contribution in [-0.4, -0.2) is 11.7 Å². The van der Waals surface area contributed by atoms with E-state index in [1.807, 2.05) is 45.0 Å². The molecule has 1 atom stereocenters. The maximum absolute atomic E-state index is 10.2. The van der Waals surface area contributed by atoms with E-state index in [1.54, 1.807) is 0 Å². The monoisotopic (exact) mass is 212 g/mol. The first-order valence-electron chi connectivity index (χ1n) is 4.87. The van der Waals surface area contributed by atoms with Crippen LogP contribution in [0.15, 0.2) is 24.3 Å². The Kier molecular flexibility index (Phi) is 7.13. The molecule has 0 heterocycles. The third kappa shape index (κ3) is 5.03. The van der Waals surface area contributed by atoms with Crippen molar-refractivity contribution in [2.45, 2.75) is 32.6 Å². The van der Waals surface area contributed by atoms with Crippen molar-refractivity contribution in [1.29, 1.82) is 0 Å². The number of halogens is 1. The lowest BCUT2D eigenvalue weighted by Gasteiger charge is -2.01. The Morgan fingerprint density at radius 3 is 2.21 bits per heavy atom. The van der Waals surface area contributed by atoms with Gasteiger partial charge in [0.05, 0.1) is 5.38 Å². The van der Waals surface area contributed by atoms with Gasteiger partial charge in [0, 0.05) is 0 Å². The van der Waals surface area contributed by atoms with Gasteiger partial charge in [-0.3, -0.25) is 0 Å². The van der Waals surface area contributed by atoms with E-state index in [-0.39, 0.29) is 0 Å². The van der Waals surface area contributed by atoms with Crippen molar-refractivity contribution >= 4 is 17.9 Å². The Bertz CT molecular complexity index is 254. The van der Waals surface area contributed by atoms with E-state index in [1.165, 1.54) is 5.56 Å². The smallest absolute Gasteiger partial charge is 0.138 e. The lowest BCUT2D eigenvalue weighted by molar-refractivity contribution is -0.107. The van der Waals surface area contributed by atoms with Gasteiger partial charge in [0.25, 0.3) is 0 Å². The minimum atomic E-state index is -0.396. The average Bonchev–Trinajstić information content (AvgIpc) is 2.24. The quantitative estimate of drug-likeness (QED) is 0.555. The summed E-state index contributed by atoms with van der Waals surface area (Å²) in [5.41, 5.74) is 2.32. The highest BCUT2D eigenvalue weighted by molar-refractivity contribution is 6.27. The molecule has 0 radical (unpaired) electrons. The second-order valence-electron chi connectivity index (χ2n) is 2.84. The molecule has 1 nitrogen and oxygen atoms in total. The summed E-state index contributed by atoms with van der Waals surface area (Å²) >= 11 is 5.67. The molecule has 2 heteroatoms. The molecule has 0 aliphatic carbocycles. The van der Waals surface area contributed by atoms with Gasteiger partial charge in [0.15, 0.2) is 0 Å². The third-order valence-corrected chi connectivity index (χ3v) is 1.96. The molecule has 78 valence electrons. The van der Waals surface area contributed by atoms with Crippen LogP contribution in [0.2, 0.25) is 0 Å². The van der Waals surface area contributed by atoms with Crippen molar-refractivity contribution in [3.05, 3.63) is 35.4 Å². The van der Waals surface area contributed by atoms with E-state index in [2.05, 4.69) is 0 Å². The van der Waals surface area contributed by atoms with Gasteiger partial charge in [-0.15, -0.1) is 11.6 Å². The van der Waals surface area contributed by atoms with Crippen molar-refractivity contribution in [1.82, 2.24) is 0 Å². The van der Waals surface area contributed by atoms with Gasteiger partial charge in [-0.25, -0.2) is 0 Å². The van der Waals surface area contributed by atoms with Crippen LogP contribution in [-0.2, 0) is 11.2 Å². The number of aldehydes is 1. The topological polar surface area (TPSA) is 17.1 Å². The summed E-state index contributed by atoms with van der Waals surface area (Å²) < 4.78 is 0. The Hall–Kier alpha value is -0.820. The van der Waals surface area contributed by atoms with E-state index in [9.17, 15) is 4.79 Å².